The van der Waals surface area contributed by atoms with Crippen molar-refractivity contribution in [3.63, 3.8) is 0 Å². The minimum absolute atomic E-state index is 0.0292. The maximum atomic E-state index is 13.3. The van der Waals surface area contributed by atoms with Gasteiger partial charge >= 0.3 is 0 Å². The van der Waals surface area contributed by atoms with Gasteiger partial charge < -0.3 is 5.11 Å². The van der Waals surface area contributed by atoms with Gasteiger partial charge in [0, 0.05) is 12.0 Å². The van der Waals surface area contributed by atoms with E-state index in [4.69, 9.17) is 0 Å². The molecule has 148 valence electrons. The first-order valence-corrected chi connectivity index (χ1v) is 9.72. The smallest absolute Gasteiger partial charge is 0.265 e. The lowest BCUT2D eigenvalue weighted by molar-refractivity contribution is -0.133. The first-order valence-electron chi connectivity index (χ1n) is 9.72. The summed E-state index contributed by atoms with van der Waals surface area (Å²) in [5.74, 6) is -0.0374. The molecule has 1 N–H and O–H groups in total. The normalized spacial score (nSPS) is 16.1. The Hall–Kier alpha value is -4.00. The number of hydrogen-bond acceptors (Lipinski definition) is 5. The molecule has 0 aliphatic carbocycles. The Kier molecular flexibility index (Phi) is 4.48. The number of aromatic hydroxyl groups is 1. The number of phenolic OH excluding ortho intramolecular Hbond substituents is 1. The third-order valence-corrected chi connectivity index (χ3v) is 5.27. The van der Waals surface area contributed by atoms with Gasteiger partial charge in [-0.05, 0) is 29.8 Å². The second-order valence-corrected chi connectivity index (χ2v) is 7.17. The Morgan fingerprint density at radius 2 is 1.70 bits per heavy atom. The molecule has 1 unspecified atom stereocenters. The van der Waals surface area contributed by atoms with E-state index in [0.29, 0.717) is 17.7 Å². The topological polar surface area (TPSA) is 83.6 Å². The molecule has 0 spiro atoms. The summed E-state index contributed by atoms with van der Waals surface area (Å²) in [5.41, 5.74) is 3.85. The van der Waals surface area contributed by atoms with E-state index in [1.807, 2.05) is 66.7 Å². The van der Waals surface area contributed by atoms with Gasteiger partial charge in [0.05, 0.1) is 17.3 Å². The lowest BCUT2D eigenvalue weighted by atomic mass is 9.98. The van der Waals surface area contributed by atoms with E-state index in [1.165, 1.54) is 5.01 Å². The third kappa shape index (κ3) is 3.20. The monoisotopic (exact) mass is 397 g/mol. The molecule has 1 aromatic heterocycles. The number of aromatic nitrogens is 3. The fraction of sp³-hybridized carbons (Fsp3) is 0.130. The molecular weight excluding hydrogens is 378 g/mol. The SMILES string of the molecule is O=C(Cn1nnc2ccccc21)N1N=C(c2ccccc2O)CC1c1ccccc1. The molecule has 7 nitrogen and oxygen atoms in total. The quantitative estimate of drug-likeness (QED) is 0.571. The predicted molar refractivity (Wildman–Crippen MR) is 113 cm³/mol. The summed E-state index contributed by atoms with van der Waals surface area (Å²) in [4.78, 5) is 13.3. The largest absolute Gasteiger partial charge is 0.507 e. The van der Waals surface area contributed by atoms with Gasteiger partial charge in [-0.25, -0.2) is 9.69 Å². The van der Waals surface area contributed by atoms with E-state index in [1.54, 1.807) is 16.8 Å². The summed E-state index contributed by atoms with van der Waals surface area (Å²) in [7, 11) is 0. The lowest BCUT2D eigenvalue weighted by Gasteiger charge is -2.22. The molecule has 1 amide bonds. The van der Waals surface area contributed by atoms with Crippen molar-refractivity contribution in [2.75, 3.05) is 0 Å². The first-order chi connectivity index (χ1) is 14.7. The highest BCUT2D eigenvalue weighted by Crippen LogP contribution is 2.34. The van der Waals surface area contributed by atoms with Crippen molar-refractivity contribution >= 4 is 22.7 Å². The second-order valence-electron chi connectivity index (χ2n) is 7.17. The van der Waals surface area contributed by atoms with E-state index in [9.17, 15) is 9.90 Å². The summed E-state index contributed by atoms with van der Waals surface area (Å²) in [6.07, 6.45) is 0.519. The Labute approximate surface area is 172 Å². The fourth-order valence-corrected chi connectivity index (χ4v) is 3.79. The van der Waals surface area contributed by atoms with Crippen molar-refractivity contribution in [2.45, 2.75) is 19.0 Å². The van der Waals surface area contributed by atoms with Gasteiger partial charge in [-0.3, -0.25) is 4.79 Å². The molecule has 5 rings (SSSR count). The number of hydrazone groups is 1. The van der Waals surface area contributed by atoms with Gasteiger partial charge in [0.25, 0.3) is 5.91 Å². The predicted octanol–water partition coefficient (Wildman–Crippen LogP) is 3.51. The zero-order valence-electron chi connectivity index (χ0n) is 16.1. The van der Waals surface area contributed by atoms with Crippen LogP contribution in [0.25, 0.3) is 11.0 Å². The van der Waals surface area contributed by atoms with Gasteiger partial charge in [0.15, 0.2) is 0 Å². The van der Waals surface area contributed by atoms with Crippen molar-refractivity contribution in [3.8, 4) is 5.75 Å². The van der Waals surface area contributed by atoms with Crippen LogP contribution in [0.1, 0.15) is 23.6 Å². The van der Waals surface area contributed by atoms with Crippen LogP contribution in [0.4, 0.5) is 0 Å². The number of carbonyl (C=O) groups excluding carboxylic acids is 1. The number of rotatable bonds is 4. The molecule has 7 heteroatoms. The molecule has 0 saturated heterocycles. The van der Waals surface area contributed by atoms with Crippen LogP contribution in [-0.2, 0) is 11.3 Å². The van der Waals surface area contributed by atoms with Crippen molar-refractivity contribution in [1.82, 2.24) is 20.0 Å². The average molecular weight is 397 g/mol. The van der Waals surface area contributed by atoms with Crippen LogP contribution in [0, 0.1) is 0 Å². The fourth-order valence-electron chi connectivity index (χ4n) is 3.79. The molecule has 30 heavy (non-hydrogen) atoms. The number of amides is 1. The summed E-state index contributed by atoms with van der Waals surface area (Å²) in [6.45, 7) is 0.0292. The van der Waals surface area contributed by atoms with E-state index >= 15 is 0 Å². The van der Waals surface area contributed by atoms with Crippen LogP contribution >= 0.6 is 0 Å². The van der Waals surface area contributed by atoms with Crippen LogP contribution in [0.3, 0.4) is 0 Å². The highest BCUT2D eigenvalue weighted by molar-refractivity contribution is 6.05. The van der Waals surface area contributed by atoms with E-state index < -0.39 is 0 Å². The van der Waals surface area contributed by atoms with Crippen molar-refractivity contribution < 1.29 is 9.90 Å². The Balaban J connectivity index is 1.50. The highest BCUT2D eigenvalue weighted by Gasteiger charge is 2.34. The third-order valence-electron chi connectivity index (χ3n) is 5.27. The minimum Gasteiger partial charge on any atom is -0.507 e. The molecule has 0 fully saturated rings. The summed E-state index contributed by atoms with van der Waals surface area (Å²) in [6, 6.07) is 24.1. The maximum Gasteiger partial charge on any atom is 0.265 e. The zero-order valence-corrected chi connectivity index (χ0v) is 16.1. The number of fused-ring (bicyclic) bond motifs is 1. The number of phenols is 1. The second kappa shape index (κ2) is 7.44. The number of para-hydroxylation sites is 2. The molecular formula is C23H19N5O2. The van der Waals surface area contributed by atoms with Crippen molar-refractivity contribution in [1.29, 1.82) is 0 Å². The summed E-state index contributed by atoms with van der Waals surface area (Å²) < 4.78 is 1.59. The van der Waals surface area contributed by atoms with Crippen LogP contribution in [0.5, 0.6) is 5.75 Å². The Bertz CT molecular complexity index is 1250. The van der Waals surface area contributed by atoms with Gasteiger partial charge in [-0.2, -0.15) is 5.10 Å². The van der Waals surface area contributed by atoms with Crippen LogP contribution in [0.2, 0.25) is 0 Å². The molecule has 1 aliphatic heterocycles. The molecule has 1 aliphatic rings. The molecule has 0 radical (unpaired) electrons. The molecule has 0 saturated carbocycles. The standard InChI is InChI=1S/C23H19N5O2/c29-22-13-7-4-10-17(22)19-14-21(16-8-2-1-3-9-16)28(25-19)23(30)15-27-20-12-6-5-11-18(20)24-26-27/h1-13,21,29H,14-15H2. The highest BCUT2D eigenvalue weighted by atomic mass is 16.3. The molecule has 0 bridgehead atoms. The number of hydrogen-bond donors (Lipinski definition) is 1. The number of benzene rings is 3. The molecule has 3 aromatic carbocycles. The van der Waals surface area contributed by atoms with Gasteiger partial charge in [-0.15, -0.1) is 5.10 Å². The van der Waals surface area contributed by atoms with Crippen LogP contribution < -0.4 is 0 Å². The minimum atomic E-state index is -0.247. The van der Waals surface area contributed by atoms with Crippen molar-refractivity contribution in [2.24, 2.45) is 5.10 Å². The Morgan fingerprint density at radius 1 is 0.967 bits per heavy atom. The lowest BCUT2D eigenvalue weighted by Crippen LogP contribution is -2.30. The molecule has 1 atom stereocenters. The molecule has 2 heterocycles. The Morgan fingerprint density at radius 3 is 2.53 bits per heavy atom. The summed E-state index contributed by atoms with van der Waals surface area (Å²) in [5, 5.41) is 24.6. The zero-order chi connectivity index (χ0) is 20.5. The van der Waals surface area contributed by atoms with E-state index in [-0.39, 0.29) is 24.2 Å². The number of nitrogens with zero attached hydrogens (tertiary/aromatic N) is 5. The van der Waals surface area contributed by atoms with Crippen LogP contribution in [-0.4, -0.2) is 36.7 Å². The first kappa shape index (κ1) is 18.1. The maximum absolute atomic E-state index is 13.3. The number of carbonyl (C=O) groups is 1. The van der Waals surface area contributed by atoms with Gasteiger partial charge in [-0.1, -0.05) is 59.8 Å². The van der Waals surface area contributed by atoms with E-state index in [0.717, 1.165) is 16.6 Å². The summed E-state index contributed by atoms with van der Waals surface area (Å²) >= 11 is 0. The van der Waals surface area contributed by atoms with Crippen molar-refractivity contribution in [3.05, 3.63) is 90.0 Å². The van der Waals surface area contributed by atoms with Crippen LogP contribution in [0.15, 0.2) is 84.0 Å². The average Bonchev–Trinajstić information content (AvgIpc) is 3.40. The van der Waals surface area contributed by atoms with Gasteiger partial charge in [0.1, 0.15) is 17.8 Å². The van der Waals surface area contributed by atoms with Gasteiger partial charge in [0.2, 0.25) is 0 Å². The van der Waals surface area contributed by atoms with E-state index in [2.05, 4.69) is 15.4 Å². The molecule has 4 aromatic rings.